The molecule has 7 nitrogen and oxygen atoms in total. The summed E-state index contributed by atoms with van der Waals surface area (Å²) in [6.45, 7) is 0. The molecule has 0 radical (unpaired) electrons. The SMILES string of the molecule is COC(=O)c1ccc([N+](=O)[O-])c(NO)c1. The van der Waals surface area contributed by atoms with E-state index >= 15 is 0 Å². The van der Waals surface area contributed by atoms with Gasteiger partial charge in [-0.1, -0.05) is 0 Å². The Hall–Kier alpha value is -2.15. The van der Waals surface area contributed by atoms with Gasteiger partial charge in [-0.3, -0.25) is 20.8 Å². The first kappa shape index (κ1) is 10.9. The first-order valence-electron chi connectivity index (χ1n) is 3.87. The van der Waals surface area contributed by atoms with Crippen LogP contribution in [0.2, 0.25) is 0 Å². The van der Waals surface area contributed by atoms with Crippen LogP contribution in [-0.2, 0) is 4.74 Å². The van der Waals surface area contributed by atoms with Crippen LogP contribution in [0.4, 0.5) is 11.4 Å². The normalized spacial score (nSPS) is 9.47. The van der Waals surface area contributed by atoms with Crippen LogP contribution in [0.25, 0.3) is 0 Å². The maximum absolute atomic E-state index is 11.1. The van der Waals surface area contributed by atoms with Crippen LogP contribution in [0, 0.1) is 10.1 Å². The van der Waals surface area contributed by atoms with Crippen LogP contribution in [0.5, 0.6) is 0 Å². The Morgan fingerprint density at radius 3 is 2.73 bits per heavy atom. The summed E-state index contributed by atoms with van der Waals surface area (Å²) in [7, 11) is 1.19. The quantitative estimate of drug-likeness (QED) is 0.443. The monoisotopic (exact) mass is 212 g/mol. The smallest absolute Gasteiger partial charge is 0.337 e. The lowest BCUT2D eigenvalue weighted by atomic mass is 10.2. The van der Waals surface area contributed by atoms with E-state index in [9.17, 15) is 14.9 Å². The molecule has 7 heteroatoms. The summed E-state index contributed by atoms with van der Waals surface area (Å²) in [6.07, 6.45) is 0. The Bertz CT molecular complexity index is 404. The molecule has 0 saturated heterocycles. The van der Waals surface area contributed by atoms with E-state index in [-0.39, 0.29) is 16.9 Å². The van der Waals surface area contributed by atoms with E-state index < -0.39 is 10.9 Å². The molecule has 0 aliphatic rings. The lowest BCUT2D eigenvalue weighted by molar-refractivity contribution is -0.384. The van der Waals surface area contributed by atoms with E-state index in [1.54, 1.807) is 5.48 Å². The molecule has 2 N–H and O–H groups in total. The van der Waals surface area contributed by atoms with Gasteiger partial charge in [-0.2, -0.15) is 0 Å². The number of carbonyl (C=O) groups is 1. The zero-order chi connectivity index (χ0) is 11.4. The van der Waals surface area contributed by atoms with Gasteiger partial charge in [0.2, 0.25) is 0 Å². The third-order valence-electron chi connectivity index (χ3n) is 1.73. The van der Waals surface area contributed by atoms with Crippen molar-refractivity contribution >= 4 is 17.3 Å². The van der Waals surface area contributed by atoms with E-state index in [1.165, 1.54) is 13.2 Å². The molecule has 0 bridgehead atoms. The Labute approximate surface area is 84.4 Å². The van der Waals surface area contributed by atoms with Gasteiger partial charge in [-0.15, -0.1) is 0 Å². The highest BCUT2D eigenvalue weighted by Crippen LogP contribution is 2.24. The molecule has 0 unspecified atom stereocenters. The largest absolute Gasteiger partial charge is 0.465 e. The zero-order valence-corrected chi connectivity index (χ0v) is 7.76. The molecule has 0 spiro atoms. The molecule has 15 heavy (non-hydrogen) atoms. The summed E-state index contributed by atoms with van der Waals surface area (Å²) in [5.41, 5.74) is 1.27. The molecule has 0 saturated carbocycles. The van der Waals surface area contributed by atoms with Crippen LogP contribution >= 0.6 is 0 Å². The number of nitro benzene ring substituents is 1. The first-order valence-corrected chi connectivity index (χ1v) is 3.87. The van der Waals surface area contributed by atoms with Gasteiger partial charge in [0.25, 0.3) is 5.69 Å². The second-order valence-corrected chi connectivity index (χ2v) is 2.59. The summed E-state index contributed by atoms with van der Waals surface area (Å²) in [6, 6.07) is 3.47. The van der Waals surface area contributed by atoms with Crippen molar-refractivity contribution in [2.24, 2.45) is 0 Å². The Kier molecular flexibility index (Phi) is 3.19. The van der Waals surface area contributed by atoms with Gasteiger partial charge in [-0.25, -0.2) is 4.79 Å². The molecule has 0 heterocycles. The van der Waals surface area contributed by atoms with Gasteiger partial charge >= 0.3 is 5.97 Å². The first-order chi connectivity index (χ1) is 7.10. The highest BCUT2D eigenvalue weighted by molar-refractivity contribution is 5.91. The van der Waals surface area contributed by atoms with E-state index in [0.29, 0.717) is 0 Å². The fourth-order valence-electron chi connectivity index (χ4n) is 1.03. The van der Waals surface area contributed by atoms with Crippen LogP contribution < -0.4 is 5.48 Å². The number of hydrogen-bond donors (Lipinski definition) is 2. The molecule has 1 aromatic rings. The van der Waals surface area contributed by atoms with E-state index in [2.05, 4.69) is 4.74 Å². The van der Waals surface area contributed by atoms with Gasteiger partial charge in [0.05, 0.1) is 17.6 Å². The van der Waals surface area contributed by atoms with Gasteiger partial charge in [0.1, 0.15) is 5.69 Å². The lowest BCUT2D eigenvalue weighted by Gasteiger charge is -2.03. The maximum atomic E-state index is 11.1. The van der Waals surface area contributed by atoms with Crippen molar-refractivity contribution in [3.05, 3.63) is 33.9 Å². The van der Waals surface area contributed by atoms with Crippen molar-refractivity contribution < 1.29 is 19.7 Å². The minimum atomic E-state index is -0.681. The Morgan fingerprint density at radius 1 is 1.60 bits per heavy atom. The van der Waals surface area contributed by atoms with E-state index in [1.807, 2.05) is 0 Å². The number of nitro groups is 1. The molecule has 0 aliphatic carbocycles. The number of nitrogens with zero attached hydrogens (tertiary/aromatic N) is 1. The second kappa shape index (κ2) is 4.38. The van der Waals surface area contributed by atoms with Crippen LogP contribution in [0.3, 0.4) is 0 Å². The third-order valence-corrected chi connectivity index (χ3v) is 1.73. The molecule has 0 atom stereocenters. The van der Waals surface area contributed by atoms with Crippen LogP contribution in [0.15, 0.2) is 18.2 Å². The number of esters is 1. The fourth-order valence-corrected chi connectivity index (χ4v) is 1.03. The Morgan fingerprint density at radius 2 is 2.27 bits per heavy atom. The molecular formula is C8H8N2O5. The molecule has 80 valence electrons. The highest BCUT2D eigenvalue weighted by Gasteiger charge is 2.16. The molecule has 0 aromatic heterocycles. The molecular weight excluding hydrogens is 204 g/mol. The number of methoxy groups -OCH3 is 1. The van der Waals surface area contributed by atoms with Crippen LogP contribution in [0.1, 0.15) is 10.4 Å². The number of ether oxygens (including phenoxy) is 1. The van der Waals surface area contributed by atoms with Crippen molar-refractivity contribution in [2.75, 3.05) is 12.6 Å². The van der Waals surface area contributed by atoms with Crippen molar-refractivity contribution in [1.82, 2.24) is 0 Å². The number of carbonyl (C=O) groups excluding carboxylic acids is 1. The number of nitrogens with one attached hydrogen (secondary N) is 1. The van der Waals surface area contributed by atoms with Gasteiger partial charge in [-0.05, 0) is 12.1 Å². The number of benzene rings is 1. The third kappa shape index (κ3) is 2.20. The number of hydrogen-bond acceptors (Lipinski definition) is 6. The van der Waals surface area contributed by atoms with Gasteiger partial charge in [0, 0.05) is 6.07 Å². The fraction of sp³-hybridized carbons (Fsp3) is 0.125. The highest BCUT2D eigenvalue weighted by atomic mass is 16.6. The van der Waals surface area contributed by atoms with Gasteiger partial charge < -0.3 is 4.74 Å². The zero-order valence-electron chi connectivity index (χ0n) is 7.76. The summed E-state index contributed by atoms with van der Waals surface area (Å²) in [4.78, 5) is 20.8. The van der Waals surface area contributed by atoms with Crippen molar-refractivity contribution in [2.45, 2.75) is 0 Å². The predicted molar refractivity (Wildman–Crippen MR) is 49.8 cm³/mol. The Balaban J connectivity index is 3.19. The minimum Gasteiger partial charge on any atom is -0.465 e. The molecule has 1 aromatic carbocycles. The van der Waals surface area contributed by atoms with Crippen LogP contribution in [-0.4, -0.2) is 23.2 Å². The predicted octanol–water partition coefficient (Wildman–Crippen LogP) is 1.18. The number of anilines is 1. The molecule has 0 aliphatic heterocycles. The standard InChI is InChI=1S/C8H8N2O5/c1-15-8(11)5-2-3-7(10(13)14)6(4-5)9-12/h2-4,9,12H,1H3. The summed E-state index contributed by atoms with van der Waals surface area (Å²) < 4.78 is 4.42. The maximum Gasteiger partial charge on any atom is 0.337 e. The van der Waals surface area contributed by atoms with Crippen molar-refractivity contribution in [3.63, 3.8) is 0 Å². The summed E-state index contributed by atoms with van der Waals surface area (Å²) >= 11 is 0. The summed E-state index contributed by atoms with van der Waals surface area (Å²) in [5, 5.41) is 19.1. The minimum absolute atomic E-state index is 0.111. The number of rotatable bonds is 3. The second-order valence-electron chi connectivity index (χ2n) is 2.59. The van der Waals surface area contributed by atoms with E-state index in [0.717, 1.165) is 12.1 Å². The average Bonchev–Trinajstić information content (AvgIpc) is 2.26. The molecule has 0 fully saturated rings. The van der Waals surface area contributed by atoms with Crippen molar-refractivity contribution in [3.8, 4) is 0 Å². The topological polar surface area (TPSA) is 102 Å². The molecule has 1 rings (SSSR count). The van der Waals surface area contributed by atoms with Crippen molar-refractivity contribution in [1.29, 1.82) is 0 Å². The lowest BCUT2D eigenvalue weighted by Crippen LogP contribution is -2.04. The molecule has 0 amide bonds. The van der Waals surface area contributed by atoms with E-state index in [4.69, 9.17) is 5.21 Å². The summed E-state index contributed by atoms with van der Waals surface area (Å²) in [5.74, 6) is -0.638. The average molecular weight is 212 g/mol. The van der Waals surface area contributed by atoms with Gasteiger partial charge in [0.15, 0.2) is 0 Å².